The molecule has 2 aromatic rings. The molecule has 0 fully saturated rings. The van der Waals surface area contributed by atoms with E-state index in [1.165, 1.54) is 6.20 Å². The van der Waals surface area contributed by atoms with Crippen LogP contribution in [0.4, 0.5) is 32.2 Å². The molecule has 124 valence electrons. The van der Waals surface area contributed by atoms with E-state index < -0.39 is 34.5 Å². The second kappa shape index (κ2) is 6.23. The minimum absolute atomic E-state index is 0.0932. The van der Waals surface area contributed by atoms with Crippen LogP contribution in [-0.4, -0.2) is 9.97 Å². The van der Waals surface area contributed by atoms with Crippen LogP contribution in [0.3, 0.4) is 0 Å². The highest BCUT2D eigenvalue weighted by Gasteiger charge is 2.42. The molecule has 23 heavy (non-hydrogen) atoms. The second-order valence-electron chi connectivity index (χ2n) is 4.39. The lowest BCUT2D eigenvalue weighted by Gasteiger charge is -2.16. The first-order valence-corrected chi connectivity index (χ1v) is 6.45. The Labute approximate surface area is 131 Å². The van der Waals surface area contributed by atoms with Crippen molar-refractivity contribution in [2.75, 3.05) is 5.32 Å². The van der Waals surface area contributed by atoms with Gasteiger partial charge in [-0.05, 0) is 18.2 Å². The summed E-state index contributed by atoms with van der Waals surface area (Å²) >= 11 is 5.22. The Morgan fingerprint density at radius 1 is 1.04 bits per heavy atom. The maximum Gasteiger partial charge on any atom is 0.434 e. The molecule has 0 spiro atoms. The molecule has 0 bridgehead atoms. The average molecular weight is 356 g/mol. The number of hydrogen-bond acceptors (Lipinski definition) is 3. The number of nitrogens with one attached hydrogen (secondary N) is 1. The lowest BCUT2D eigenvalue weighted by Crippen LogP contribution is -2.16. The van der Waals surface area contributed by atoms with Crippen LogP contribution in [0.15, 0.2) is 30.5 Å². The number of alkyl halides is 6. The van der Waals surface area contributed by atoms with Gasteiger partial charge in [0.25, 0.3) is 0 Å². The topological polar surface area (TPSA) is 37.8 Å². The van der Waals surface area contributed by atoms with Gasteiger partial charge in [-0.1, -0.05) is 17.7 Å². The molecule has 0 aliphatic heterocycles. The third-order valence-corrected chi connectivity index (χ3v) is 3.09. The van der Waals surface area contributed by atoms with Crippen LogP contribution in [0.2, 0.25) is 5.02 Å². The predicted octanol–water partition coefficient (Wildman–Crippen LogP) is 4.78. The smallest absolute Gasteiger partial charge is 0.364 e. The van der Waals surface area contributed by atoms with Crippen molar-refractivity contribution in [1.29, 1.82) is 0 Å². The third-order valence-electron chi connectivity index (χ3n) is 2.71. The van der Waals surface area contributed by atoms with Gasteiger partial charge in [0.1, 0.15) is 5.82 Å². The van der Waals surface area contributed by atoms with Crippen molar-refractivity contribution >= 4 is 17.4 Å². The number of aromatic nitrogens is 2. The fourth-order valence-corrected chi connectivity index (χ4v) is 2.01. The number of halogens is 7. The minimum atomic E-state index is -5.11. The number of anilines is 1. The highest BCUT2D eigenvalue weighted by atomic mass is 35.5. The molecule has 2 aromatic heterocycles. The van der Waals surface area contributed by atoms with E-state index in [2.05, 4.69) is 15.3 Å². The molecule has 0 aromatic carbocycles. The summed E-state index contributed by atoms with van der Waals surface area (Å²) in [6.45, 7) is -0.0932. The minimum Gasteiger partial charge on any atom is -0.364 e. The first-order valence-electron chi connectivity index (χ1n) is 6.08. The number of pyridine rings is 2. The highest BCUT2D eigenvalue weighted by Crippen LogP contribution is 2.42. The van der Waals surface area contributed by atoms with Gasteiger partial charge in [0, 0.05) is 6.20 Å². The Bertz CT molecular complexity index is 649. The molecule has 0 saturated carbocycles. The second-order valence-corrected chi connectivity index (χ2v) is 4.77. The van der Waals surface area contributed by atoms with Gasteiger partial charge in [-0.2, -0.15) is 26.3 Å². The first kappa shape index (κ1) is 17.3. The van der Waals surface area contributed by atoms with E-state index in [-0.39, 0.29) is 6.54 Å². The molecule has 0 aliphatic carbocycles. The quantitative estimate of drug-likeness (QED) is 0.805. The summed E-state index contributed by atoms with van der Waals surface area (Å²) in [4.78, 5) is 7.03. The monoisotopic (exact) mass is 355 g/mol. The molecule has 0 unspecified atom stereocenters. The van der Waals surface area contributed by atoms with Gasteiger partial charge >= 0.3 is 12.4 Å². The highest BCUT2D eigenvalue weighted by molar-refractivity contribution is 6.32. The van der Waals surface area contributed by atoms with Crippen molar-refractivity contribution in [3.8, 4) is 0 Å². The first-order chi connectivity index (χ1) is 10.6. The number of hydrogen-bond donors (Lipinski definition) is 1. The third kappa shape index (κ3) is 4.25. The SMILES string of the molecule is FC(F)(F)c1cc(NCc2ccccn2)nc(C(F)(F)F)c1Cl. The van der Waals surface area contributed by atoms with Gasteiger partial charge in [-0.15, -0.1) is 0 Å². The van der Waals surface area contributed by atoms with Gasteiger partial charge in [0.05, 0.1) is 22.8 Å². The van der Waals surface area contributed by atoms with Gasteiger partial charge in [-0.25, -0.2) is 4.98 Å². The van der Waals surface area contributed by atoms with Crippen LogP contribution in [0.25, 0.3) is 0 Å². The zero-order valence-corrected chi connectivity index (χ0v) is 11.9. The zero-order chi connectivity index (χ0) is 17.3. The van der Waals surface area contributed by atoms with Crippen molar-refractivity contribution in [3.63, 3.8) is 0 Å². The van der Waals surface area contributed by atoms with Crippen LogP contribution in [0.1, 0.15) is 17.0 Å². The Kier molecular flexibility index (Phi) is 4.69. The van der Waals surface area contributed by atoms with E-state index in [1.807, 2.05) is 0 Å². The van der Waals surface area contributed by atoms with E-state index >= 15 is 0 Å². The van der Waals surface area contributed by atoms with Gasteiger partial charge in [-0.3, -0.25) is 4.98 Å². The summed E-state index contributed by atoms with van der Waals surface area (Å²) < 4.78 is 76.9. The van der Waals surface area contributed by atoms with E-state index in [4.69, 9.17) is 11.6 Å². The molecule has 0 amide bonds. The standard InChI is InChI=1S/C13H8ClF6N3/c14-10-8(12(15,16)17)5-9(23-11(10)13(18,19)20)22-6-7-3-1-2-4-21-7/h1-5H,6H2,(H,22,23). The van der Waals surface area contributed by atoms with Crippen LogP contribution in [-0.2, 0) is 18.9 Å². The normalized spacial score (nSPS) is 12.3. The van der Waals surface area contributed by atoms with Gasteiger partial charge < -0.3 is 5.32 Å². The average Bonchev–Trinajstić information content (AvgIpc) is 2.44. The molecule has 2 heterocycles. The summed E-state index contributed by atoms with van der Waals surface area (Å²) in [6.07, 6.45) is -8.71. The van der Waals surface area contributed by atoms with Gasteiger partial charge in [0.15, 0.2) is 5.69 Å². The Morgan fingerprint density at radius 3 is 2.26 bits per heavy atom. The molecule has 0 saturated heterocycles. The molecule has 3 nitrogen and oxygen atoms in total. The summed E-state index contributed by atoms with van der Waals surface area (Å²) in [5, 5.41) is 0.903. The fraction of sp³-hybridized carbons (Fsp3) is 0.231. The summed E-state index contributed by atoms with van der Waals surface area (Å²) in [5.41, 5.74) is -2.98. The van der Waals surface area contributed by atoms with E-state index in [0.717, 1.165) is 0 Å². The number of nitrogens with zero attached hydrogens (tertiary/aromatic N) is 2. The lowest BCUT2D eigenvalue weighted by molar-refractivity contribution is -0.145. The van der Waals surface area contributed by atoms with E-state index in [9.17, 15) is 26.3 Å². The van der Waals surface area contributed by atoms with Crippen LogP contribution in [0.5, 0.6) is 0 Å². The lowest BCUT2D eigenvalue weighted by atomic mass is 10.2. The molecule has 1 N–H and O–H groups in total. The van der Waals surface area contributed by atoms with Crippen LogP contribution >= 0.6 is 11.6 Å². The molecular weight excluding hydrogens is 348 g/mol. The largest absolute Gasteiger partial charge is 0.434 e. The van der Waals surface area contributed by atoms with E-state index in [0.29, 0.717) is 11.8 Å². The maximum absolute atomic E-state index is 12.8. The Morgan fingerprint density at radius 2 is 1.74 bits per heavy atom. The maximum atomic E-state index is 12.8. The van der Waals surface area contributed by atoms with Crippen molar-refractivity contribution in [2.45, 2.75) is 18.9 Å². The Hall–Kier alpha value is -2.03. The zero-order valence-electron chi connectivity index (χ0n) is 11.1. The summed E-state index contributed by atoms with van der Waals surface area (Å²) in [6, 6.07) is 5.23. The molecule has 0 atom stereocenters. The molecule has 0 aliphatic rings. The Balaban J connectivity index is 2.40. The van der Waals surface area contributed by atoms with Crippen molar-refractivity contribution in [1.82, 2.24) is 9.97 Å². The predicted molar refractivity (Wildman–Crippen MR) is 70.8 cm³/mol. The van der Waals surface area contributed by atoms with Crippen molar-refractivity contribution in [3.05, 3.63) is 52.4 Å². The molecular formula is C13H8ClF6N3. The molecule has 2 rings (SSSR count). The number of rotatable bonds is 3. The summed E-state index contributed by atoms with van der Waals surface area (Å²) in [5.74, 6) is -0.597. The van der Waals surface area contributed by atoms with Crippen LogP contribution in [0, 0.1) is 0 Å². The summed E-state index contributed by atoms with van der Waals surface area (Å²) in [7, 11) is 0. The van der Waals surface area contributed by atoms with Gasteiger partial charge in [0.2, 0.25) is 0 Å². The van der Waals surface area contributed by atoms with E-state index in [1.54, 1.807) is 18.2 Å². The fourth-order valence-electron chi connectivity index (χ4n) is 1.70. The molecule has 10 heteroatoms. The molecule has 0 radical (unpaired) electrons. The van der Waals surface area contributed by atoms with Crippen LogP contribution < -0.4 is 5.32 Å². The van der Waals surface area contributed by atoms with Crippen molar-refractivity contribution < 1.29 is 26.3 Å². The van der Waals surface area contributed by atoms with Crippen molar-refractivity contribution in [2.24, 2.45) is 0 Å².